The smallest absolute Gasteiger partial charge is 0.362 e. The molecule has 1 heterocycles. The summed E-state index contributed by atoms with van der Waals surface area (Å²) in [4.78, 5) is 11.6. The summed E-state index contributed by atoms with van der Waals surface area (Å²) in [6.07, 6.45) is 0. The third-order valence-electron chi connectivity index (χ3n) is 2.47. The van der Waals surface area contributed by atoms with Gasteiger partial charge in [-0.1, -0.05) is 16.8 Å². The van der Waals surface area contributed by atoms with Gasteiger partial charge in [0.15, 0.2) is 5.15 Å². The van der Waals surface area contributed by atoms with E-state index in [1.54, 1.807) is 6.92 Å². The summed E-state index contributed by atoms with van der Waals surface area (Å²) in [6, 6.07) is 4.05. The first kappa shape index (κ1) is 14.3. The first-order chi connectivity index (χ1) is 9.58. The fourth-order valence-electron chi connectivity index (χ4n) is 1.53. The minimum atomic E-state index is -0.716. The summed E-state index contributed by atoms with van der Waals surface area (Å²) in [5.74, 6) is -0.870. The number of hydrogen-bond donors (Lipinski definition) is 0. The van der Waals surface area contributed by atoms with Gasteiger partial charge in [-0.2, -0.15) is 4.68 Å². The van der Waals surface area contributed by atoms with Crippen LogP contribution in [0.2, 0.25) is 5.15 Å². The third-order valence-corrected chi connectivity index (χ3v) is 2.80. The molecule has 0 aliphatic rings. The average molecular weight is 300 g/mol. The molecule has 0 unspecified atom stereocenters. The van der Waals surface area contributed by atoms with Crippen molar-refractivity contribution >= 4 is 17.6 Å². The highest BCUT2D eigenvalue weighted by molar-refractivity contribution is 6.32. The van der Waals surface area contributed by atoms with Crippen molar-refractivity contribution in [3.05, 3.63) is 34.9 Å². The Labute approximate surface area is 119 Å². The second-order valence-electron chi connectivity index (χ2n) is 3.68. The molecular weight excluding hydrogens is 289 g/mol. The highest BCUT2D eigenvalue weighted by Gasteiger charge is 2.21. The molecular formula is C12H11ClFN3O3. The molecule has 0 N–H and O–H groups in total. The highest BCUT2D eigenvalue weighted by atomic mass is 35.5. The van der Waals surface area contributed by atoms with Crippen LogP contribution in [0.3, 0.4) is 0 Å². The van der Waals surface area contributed by atoms with Gasteiger partial charge < -0.3 is 9.47 Å². The maximum Gasteiger partial charge on any atom is 0.362 e. The van der Waals surface area contributed by atoms with E-state index in [0.717, 1.165) is 4.68 Å². The van der Waals surface area contributed by atoms with Gasteiger partial charge in [0.25, 0.3) is 0 Å². The van der Waals surface area contributed by atoms with Crippen LogP contribution >= 0.6 is 11.6 Å². The van der Waals surface area contributed by atoms with E-state index in [1.807, 2.05) is 0 Å². The van der Waals surface area contributed by atoms with Crippen LogP contribution in [0.5, 0.6) is 5.75 Å². The number of methoxy groups -OCH3 is 1. The quantitative estimate of drug-likeness (QED) is 0.810. The van der Waals surface area contributed by atoms with Crippen LogP contribution in [-0.4, -0.2) is 34.7 Å². The van der Waals surface area contributed by atoms with E-state index < -0.39 is 11.8 Å². The Morgan fingerprint density at radius 3 is 2.90 bits per heavy atom. The normalized spacial score (nSPS) is 10.4. The van der Waals surface area contributed by atoms with E-state index in [-0.39, 0.29) is 23.1 Å². The van der Waals surface area contributed by atoms with Crippen LogP contribution in [0.1, 0.15) is 17.4 Å². The monoisotopic (exact) mass is 299 g/mol. The summed E-state index contributed by atoms with van der Waals surface area (Å²) < 4.78 is 24.6. The van der Waals surface area contributed by atoms with E-state index in [0.29, 0.717) is 5.75 Å². The van der Waals surface area contributed by atoms with E-state index in [2.05, 4.69) is 10.3 Å². The molecule has 6 nitrogen and oxygen atoms in total. The van der Waals surface area contributed by atoms with Crippen molar-refractivity contribution in [2.75, 3.05) is 13.7 Å². The van der Waals surface area contributed by atoms with Gasteiger partial charge in [0.2, 0.25) is 5.69 Å². The molecule has 0 saturated carbocycles. The number of carbonyl (C=O) groups excluding carboxylic acids is 1. The molecule has 0 aliphatic carbocycles. The van der Waals surface area contributed by atoms with Crippen LogP contribution in [0.4, 0.5) is 4.39 Å². The molecule has 0 radical (unpaired) electrons. The van der Waals surface area contributed by atoms with Crippen molar-refractivity contribution < 1.29 is 18.7 Å². The number of carbonyl (C=O) groups is 1. The molecule has 0 fully saturated rings. The predicted molar refractivity (Wildman–Crippen MR) is 68.8 cm³/mol. The molecule has 20 heavy (non-hydrogen) atoms. The minimum Gasteiger partial charge on any atom is -0.497 e. The standard InChI is InChI=1S/C12H11ClFN3O3/c1-3-20-12(18)10-11(13)17(16-15-10)9-6-7(19-2)4-5-8(9)14/h4-6H,3H2,1-2H3. The van der Waals surface area contributed by atoms with Crippen LogP contribution in [0.15, 0.2) is 18.2 Å². The largest absolute Gasteiger partial charge is 0.497 e. The SMILES string of the molecule is CCOC(=O)c1nnn(-c2cc(OC)ccc2F)c1Cl. The second-order valence-corrected chi connectivity index (χ2v) is 4.04. The highest BCUT2D eigenvalue weighted by Crippen LogP contribution is 2.24. The molecule has 2 rings (SSSR count). The molecule has 1 aromatic heterocycles. The number of hydrogen-bond acceptors (Lipinski definition) is 5. The molecule has 0 spiro atoms. The van der Waals surface area contributed by atoms with Gasteiger partial charge in [0.1, 0.15) is 17.3 Å². The van der Waals surface area contributed by atoms with Gasteiger partial charge in [-0.15, -0.1) is 5.10 Å². The van der Waals surface area contributed by atoms with E-state index in [4.69, 9.17) is 21.1 Å². The number of benzene rings is 1. The zero-order valence-electron chi connectivity index (χ0n) is 10.8. The molecule has 1 aromatic carbocycles. The lowest BCUT2D eigenvalue weighted by Crippen LogP contribution is -2.06. The van der Waals surface area contributed by atoms with E-state index in [9.17, 15) is 9.18 Å². The summed E-state index contributed by atoms with van der Waals surface area (Å²) in [5.41, 5.74) is -0.145. The Hall–Kier alpha value is -2.15. The first-order valence-electron chi connectivity index (χ1n) is 5.70. The van der Waals surface area contributed by atoms with Gasteiger partial charge in [0, 0.05) is 6.07 Å². The molecule has 0 aliphatic heterocycles. The van der Waals surface area contributed by atoms with Crippen molar-refractivity contribution in [1.29, 1.82) is 0 Å². The Morgan fingerprint density at radius 2 is 2.25 bits per heavy atom. The fraction of sp³-hybridized carbons (Fsp3) is 0.250. The van der Waals surface area contributed by atoms with Crippen LogP contribution < -0.4 is 4.74 Å². The van der Waals surface area contributed by atoms with Gasteiger partial charge in [-0.05, 0) is 19.1 Å². The number of esters is 1. The number of halogens is 2. The lowest BCUT2D eigenvalue weighted by molar-refractivity contribution is 0.0519. The average Bonchev–Trinajstić information content (AvgIpc) is 2.81. The van der Waals surface area contributed by atoms with Gasteiger partial charge in [-0.25, -0.2) is 9.18 Å². The van der Waals surface area contributed by atoms with Crippen LogP contribution in [-0.2, 0) is 4.74 Å². The van der Waals surface area contributed by atoms with Crippen molar-refractivity contribution in [2.24, 2.45) is 0 Å². The van der Waals surface area contributed by atoms with Crippen LogP contribution in [0.25, 0.3) is 5.69 Å². The molecule has 106 valence electrons. The molecule has 0 bridgehead atoms. The Bertz CT molecular complexity index is 645. The molecule has 2 aromatic rings. The fourth-order valence-corrected chi connectivity index (χ4v) is 1.77. The van der Waals surface area contributed by atoms with Gasteiger partial charge in [0.05, 0.1) is 13.7 Å². The van der Waals surface area contributed by atoms with E-state index in [1.165, 1.54) is 25.3 Å². The summed E-state index contributed by atoms with van der Waals surface area (Å²) in [6.45, 7) is 1.83. The third kappa shape index (κ3) is 2.57. The van der Waals surface area contributed by atoms with Crippen molar-refractivity contribution in [3.8, 4) is 11.4 Å². The molecule has 0 amide bonds. The summed E-state index contributed by atoms with van der Waals surface area (Å²) in [5, 5.41) is 7.14. The van der Waals surface area contributed by atoms with Gasteiger partial charge in [-0.3, -0.25) is 0 Å². The Balaban J connectivity index is 2.46. The van der Waals surface area contributed by atoms with Crippen LogP contribution in [0, 0.1) is 5.82 Å². The first-order valence-corrected chi connectivity index (χ1v) is 6.08. The van der Waals surface area contributed by atoms with Crippen molar-refractivity contribution in [1.82, 2.24) is 15.0 Å². The maximum absolute atomic E-state index is 13.8. The maximum atomic E-state index is 13.8. The number of ether oxygens (including phenoxy) is 2. The number of rotatable bonds is 4. The van der Waals surface area contributed by atoms with E-state index >= 15 is 0 Å². The zero-order chi connectivity index (χ0) is 14.7. The summed E-state index contributed by atoms with van der Waals surface area (Å²) in [7, 11) is 1.45. The summed E-state index contributed by atoms with van der Waals surface area (Å²) >= 11 is 5.99. The Kier molecular flexibility index (Phi) is 4.19. The second kappa shape index (κ2) is 5.87. The minimum absolute atomic E-state index is 0.0254. The lowest BCUT2D eigenvalue weighted by atomic mass is 10.3. The molecule has 0 saturated heterocycles. The predicted octanol–water partition coefficient (Wildman–Crippen LogP) is 2.25. The van der Waals surface area contributed by atoms with Crippen molar-refractivity contribution in [3.63, 3.8) is 0 Å². The topological polar surface area (TPSA) is 66.2 Å². The van der Waals surface area contributed by atoms with Crippen molar-refractivity contribution in [2.45, 2.75) is 6.92 Å². The number of aromatic nitrogens is 3. The Morgan fingerprint density at radius 1 is 1.50 bits per heavy atom. The zero-order valence-corrected chi connectivity index (χ0v) is 11.5. The molecule has 0 atom stereocenters. The molecule has 8 heteroatoms. The van der Waals surface area contributed by atoms with Gasteiger partial charge >= 0.3 is 5.97 Å². The number of nitrogens with zero attached hydrogens (tertiary/aromatic N) is 3. The lowest BCUT2D eigenvalue weighted by Gasteiger charge is -2.06.